The van der Waals surface area contributed by atoms with E-state index in [2.05, 4.69) is 0 Å². The van der Waals surface area contributed by atoms with Crippen LogP contribution < -0.4 is 0 Å². The molecule has 0 aromatic rings. The van der Waals surface area contributed by atoms with Gasteiger partial charge in [-0.15, -0.1) is 0 Å². The fourth-order valence-corrected chi connectivity index (χ4v) is 1.06. The molecular weight excluding hydrogens is 126 g/mol. The Bertz CT molecular complexity index is 82.1. The zero-order chi connectivity index (χ0) is 5.82. The normalized spacial score (nSPS) is 20.8. The molecule has 46 valence electrons. The lowest BCUT2D eigenvalue weighted by molar-refractivity contribution is -0.114. The summed E-state index contributed by atoms with van der Waals surface area (Å²) in [4.78, 5) is 10.0. The smallest absolute Gasteiger partial charge is 0.219 e. The molecule has 0 aliphatic carbocycles. The number of nitrogens with zero attached hydrogens (tertiary/aromatic N) is 1. The van der Waals surface area contributed by atoms with Gasteiger partial charge in [-0.05, 0) is 11.9 Å². The van der Waals surface area contributed by atoms with Crippen LogP contribution in [0.1, 0.15) is 0 Å². The van der Waals surface area contributed by atoms with Gasteiger partial charge in [0.2, 0.25) is 6.41 Å². The van der Waals surface area contributed by atoms with Crippen LogP contribution in [-0.2, 0) is 9.53 Å². The van der Waals surface area contributed by atoms with Crippen LogP contribution in [0.5, 0.6) is 0 Å². The summed E-state index contributed by atoms with van der Waals surface area (Å²) in [5, 5.41) is 0. The first kappa shape index (κ1) is 5.91. The molecule has 1 amide bonds. The highest BCUT2D eigenvalue weighted by Gasteiger charge is 2.06. The second-order valence-electron chi connectivity index (χ2n) is 1.40. The van der Waals surface area contributed by atoms with Gasteiger partial charge in [-0.2, -0.15) is 0 Å². The van der Waals surface area contributed by atoms with Crippen LogP contribution in [0.3, 0.4) is 0 Å². The summed E-state index contributed by atoms with van der Waals surface area (Å²) < 4.78 is 6.59. The second kappa shape index (κ2) is 2.94. The maximum atomic E-state index is 10.0. The highest BCUT2D eigenvalue weighted by atomic mass is 32.2. The number of hydrogen-bond donors (Lipinski definition) is 0. The van der Waals surface area contributed by atoms with Crippen molar-refractivity contribution in [2.75, 3.05) is 19.1 Å². The molecule has 0 aromatic carbocycles. The molecule has 1 fully saturated rings. The standard InChI is InChI=1S/C4H7NO2S/c6-3-5-1-2-7-4-8-5/h3H,1-2,4H2. The number of ether oxygens (including phenoxy) is 1. The van der Waals surface area contributed by atoms with Gasteiger partial charge in [-0.25, -0.2) is 0 Å². The molecule has 0 spiro atoms. The minimum atomic E-state index is 0.610. The molecule has 0 unspecified atom stereocenters. The van der Waals surface area contributed by atoms with Gasteiger partial charge in [0.15, 0.2) is 0 Å². The van der Waals surface area contributed by atoms with Crippen molar-refractivity contribution in [1.82, 2.24) is 4.31 Å². The Morgan fingerprint density at radius 3 is 3.00 bits per heavy atom. The molecule has 1 aliphatic heterocycles. The number of carbonyl (C=O) groups is 1. The van der Waals surface area contributed by atoms with Crippen LogP contribution in [0.25, 0.3) is 0 Å². The van der Waals surface area contributed by atoms with Crippen molar-refractivity contribution in [2.45, 2.75) is 0 Å². The zero-order valence-corrected chi connectivity index (χ0v) is 5.19. The Morgan fingerprint density at radius 2 is 2.62 bits per heavy atom. The summed E-state index contributed by atoms with van der Waals surface area (Å²) in [7, 11) is 0. The first-order valence-electron chi connectivity index (χ1n) is 2.36. The van der Waals surface area contributed by atoms with E-state index in [1.807, 2.05) is 0 Å². The number of carbonyl (C=O) groups excluding carboxylic acids is 1. The van der Waals surface area contributed by atoms with Crippen molar-refractivity contribution in [3.63, 3.8) is 0 Å². The Labute approximate surface area is 52.1 Å². The van der Waals surface area contributed by atoms with E-state index in [0.717, 1.165) is 6.41 Å². The highest BCUT2D eigenvalue weighted by Crippen LogP contribution is 2.10. The maximum Gasteiger partial charge on any atom is 0.219 e. The van der Waals surface area contributed by atoms with E-state index < -0.39 is 0 Å². The van der Waals surface area contributed by atoms with Crippen molar-refractivity contribution in [2.24, 2.45) is 0 Å². The SMILES string of the molecule is O=CN1CCOCS1. The highest BCUT2D eigenvalue weighted by molar-refractivity contribution is 7.97. The average molecular weight is 133 g/mol. The predicted octanol–water partition coefficient (Wildman–Crippen LogP) is 0.0807. The molecule has 3 nitrogen and oxygen atoms in total. The first-order valence-corrected chi connectivity index (χ1v) is 3.30. The monoisotopic (exact) mass is 133 g/mol. The van der Waals surface area contributed by atoms with E-state index in [-0.39, 0.29) is 0 Å². The summed E-state index contributed by atoms with van der Waals surface area (Å²) in [6.07, 6.45) is 0.827. The van der Waals surface area contributed by atoms with Crippen LogP contribution in [-0.4, -0.2) is 29.8 Å². The number of rotatable bonds is 1. The molecular formula is C4H7NO2S. The molecule has 0 N–H and O–H groups in total. The van der Waals surface area contributed by atoms with E-state index in [0.29, 0.717) is 19.1 Å². The number of hydrogen-bond acceptors (Lipinski definition) is 3. The van der Waals surface area contributed by atoms with Crippen LogP contribution in [0.2, 0.25) is 0 Å². The maximum absolute atomic E-state index is 10.0. The topological polar surface area (TPSA) is 29.5 Å². The minimum absolute atomic E-state index is 0.610. The van der Waals surface area contributed by atoms with Gasteiger partial charge in [-0.3, -0.25) is 9.10 Å². The Hall–Kier alpha value is -0.220. The van der Waals surface area contributed by atoms with E-state index in [1.165, 1.54) is 11.9 Å². The molecule has 0 radical (unpaired) electrons. The summed E-state index contributed by atoms with van der Waals surface area (Å²) in [5.41, 5.74) is 0. The molecule has 8 heavy (non-hydrogen) atoms. The van der Waals surface area contributed by atoms with Crippen molar-refractivity contribution < 1.29 is 9.53 Å². The van der Waals surface area contributed by atoms with Crippen LogP contribution >= 0.6 is 11.9 Å². The lowest BCUT2D eigenvalue weighted by Gasteiger charge is -2.20. The molecule has 0 aromatic heterocycles. The first-order chi connectivity index (χ1) is 3.93. The number of amides is 1. The molecule has 0 saturated carbocycles. The predicted molar refractivity (Wildman–Crippen MR) is 31.2 cm³/mol. The molecule has 1 saturated heterocycles. The quantitative estimate of drug-likeness (QED) is 0.375. The summed E-state index contributed by atoms with van der Waals surface area (Å²) in [6, 6.07) is 0. The van der Waals surface area contributed by atoms with Gasteiger partial charge in [0.1, 0.15) is 5.94 Å². The summed E-state index contributed by atoms with van der Waals surface area (Å²) in [5.74, 6) is 0.610. The third kappa shape index (κ3) is 1.38. The summed E-state index contributed by atoms with van der Waals surface area (Å²) >= 11 is 1.41. The zero-order valence-electron chi connectivity index (χ0n) is 4.37. The molecule has 1 aliphatic rings. The Kier molecular flexibility index (Phi) is 2.17. The van der Waals surface area contributed by atoms with Gasteiger partial charge < -0.3 is 4.74 Å². The molecule has 1 rings (SSSR count). The van der Waals surface area contributed by atoms with E-state index in [9.17, 15) is 4.79 Å². The van der Waals surface area contributed by atoms with Crippen LogP contribution in [0, 0.1) is 0 Å². The second-order valence-corrected chi connectivity index (χ2v) is 2.36. The van der Waals surface area contributed by atoms with Crippen molar-refractivity contribution in [1.29, 1.82) is 0 Å². The third-order valence-electron chi connectivity index (χ3n) is 0.875. The minimum Gasteiger partial charge on any atom is -0.367 e. The Balaban J connectivity index is 2.22. The van der Waals surface area contributed by atoms with E-state index >= 15 is 0 Å². The van der Waals surface area contributed by atoms with Crippen molar-refractivity contribution in [3.05, 3.63) is 0 Å². The average Bonchev–Trinajstić information content (AvgIpc) is 1.90. The van der Waals surface area contributed by atoms with Gasteiger partial charge in [0.05, 0.1) is 13.2 Å². The molecule has 4 heteroatoms. The van der Waals surface area contributed by atoms with Crippen LogP contribution in [0.15, 0.2) is 0 Å². The molecule has 0 bridgehead atoms. The van der Waals surface area contributed by atoms with E-state index in [4.69, 9.17) is 4.74 Å². The van der Waals surface area contributed by atoms with Crippen molar-refractivity contribution in [3.8, 4) is 0 Å². The fourth-order valence-electron chi connectivity index (χ4n) is 0.466. The fraction of sp³-hybridized carbons (Fsp3) is 0.750. The molecule has 0 atom stereocenters. The summed E-state index contributed by atoms with van der Waals surface area (Å²) in [6.45, 7) is 1.39. The largest absolute Gasteiger partial charge is 0.367 e. The lowest BCUT2D eigenvalue weighted by atomic mass is 10.7. The van der Waals surface area contributed by atoms with Crippen molar-refractivity contribution >= 4 is 18.4 Å². The van der Waals surface area contributed by atoms with Gasteiger partial charge in [0, 0.05) is 0 Å². The Morgan fingerprint density at radius 1 is 1.75 bits per heavy atom. The lowest BCUT2D eigenvalue weighted by Crippen LogP contribution is -2.24. The third-order valence-corrected chi connectivity index (χ3v) is 1.75. The van der Waals surface area contributed by atoms with Gasteiger partial charge in [0.25, 0.3) is 0 Å². The molecule has 1 heterocycles. The van der Waals surface area contributed by atoms with Gasteiger partial charge in [-0.1, -0.05) is 0 Å². The van der Waals surface area contributed by atoms with E-state index in [1.54, 1.807) is 4.31 Å². The van der Waals surface area contributed by atoms with Gasteiger partial charge >= 0.3 is 0 Å². The van der Waals surface area contributed by atoms with Crippen LogP contribution in [0.4, 0.5) is 0 Å².